The first-order valence-corrected chi connectivity index (χ1v) is 8.53. The van der Waals surface area contributed by atoms with E-state index < -0.39 is 0 Å². The Morgan fingerprint density at radius 2 is 2.21 bits per heavy atom. The molecule has 19 heavy (non-hydrogen) atoms. The smallest absolute Gasteiger partial charge is 0.195 e. The van der Waals surface area contributed by atoms with Gasteiger partial charge in [-0.3, -0.25) is 4.40 Å². The van der Waals surface area contributed by atoms with Crippen LogP contribution in [0.15, 0.2) is 11.6 Å². The number of alkyl halides is 1. The molecular formula is C14H20ClN3S. The SMILES string of the molecule is CCN(c1nc2sccn2c1CCl)C1CCCCC1. The molecule has 2 aromatic heterocycles. The maximum absolute atomic E-state index is 6.17. The normalized spacial score (nSPS) is 17.2. The van der Waals surface area contributed by atoms with Crippen LogP contribution in [-0.2, 0) is 5.88 Å². The van der Waals surface area contributed by atoms with E-state index in [2.05, 4.69) is 27.8 Å². The first kappa shape index (κ1) is 13.3. The van der Waals surface area contributed by atoms with E-state index >= 15 is 0 Å². The molecule has 0 unspecified atom stereocenters. The van der Waals surface area contributed by atoms with Crippen LogP contribution in [0.25, 0.3) is 4.96 Å². The summed E-state index contributed by atoms with van der Waals surface area (Å²) in [6, 6.07) is 0.644. The second-order valence-corrected chi connectivity index (χ2v) is 6.29. The number of thiazole rings is 1. The highest BCUT2D eigenvalue weighted by Gasteiger charge is 2.25. The van der Waals surface area contributed by atoms with Crippen LogP contribution in [0.2, 0.25) is 0 Å². The molecule has 0 saturated heterocycles. The minimum atomic E-state index is 0.524. The summed E-state index contributed by atoms with van der Waals surface area (Å²) in [5.41, 5.74) is 1.14. The van der Waals surface area contributed by atoms with Gasteiger partial charge in [-0.2, -0.15) is 0 Å². The highest BCUT2D eigenvalue weighted by atomic mass is 35.5. The molecule has 0 radical (unpaired) electrons. The Labute approximate surface area is 123 Å². The Hall–Kier alpha value is -0.740. The number of anilines is 1. The third-order valence-electron chi connectivity index (χ3n) is 4.09. The zero-order valence-corrected chi connectivity index (χ0v) is 12.9. The molecule has 0 amide bonds. The third-order valence-corrected chi connectivity index (χ3v) is 5.10. The van der Waals surface area contributed by atoms with E-state index in [1.807, 2.05) is 0 Å². The zero-order chi connectivity index (χ0) is 13.2. The van der Waals surface area contributed by atoms with Gasteiger partial charge in [0.2, 0.25) is 0 Å². The number of nitrogens with zero attached hydrogens (tertiary/aromatic N) is 3. The number of imidazole rings is 1. The molecule has 1 fully saturated rings. The molecule has 0 N–H and O–H groups in total. The highest BCUT2D eigenvalue weighted by Crippen LogP contribution is 2.31. The van der Waals surface area contributed by atoms with Crippen molar-refractivity contribution in [3.63, 3.8) is 0 Å². The molecule has 5 heteroatoms. The summed E-state index contributed by atoms with van der Waals surface area (Å²) in [5, 5.41) is 2.07. The van der Waals surface area contributed by atoms with Crippen LogP contribution in [0.4, 0.5) is 5.82 Å². The molecule has 3 nitrogen and oxygen atoms in total. The second kappa shape index (κ2) is 5.71. The molecule has 1 saturated carbocycles. The number of hydrogen-bond donors (Lipinski definition) is 0. The van der Waals surface area contributed by atoms with Crippen molar-refractivity contribution in [2.75, 3.05) is 11.4 Å². The van der Waals surface area contributed by atoms with Crippen molar-refractivity contribution in [3.8, 4) is 0 Å². The first-order chi connectivity index (χ1) is 9.35. The molecule has 104 valence electrons. The Morgan fingerprint density at radius 1 is 1.42 bits per heavy atom. The van der Waals surface area contributed by atoms with E-state index in [0.717, 1.165) is 23.0 Å². The van der Waals surface area contributed by atoms with Crippen molar-refractivity contribution in [1.82, 2.24) is 9.38 Å². The van der Waals surface area contributed by atoms with Crippen molar-refractivity contribution in [2.45, 2.75) is 50.9 Å². The summed E-state index contributed by atoms with van der Waals surface area (Å²) >= 11 is 7.85. The van der Waals surface area contributed by atoms with E-state index in [4.69, 9.17) is 16.6 Å². The number of fused-ring (bicyclic) bond motifs is 1. The standard InChI is InChI=1S/C14H20ClN3S/c1-2-17(11-6-4-3-5-7-11)13-12(10-15)18-8-9-19-14(18)16-13/h8-9,11H,2-7,10H2,1H3. The molecule has 3 rings (SSSR count). The number of aromatic nitrogens is 2. The monoisotopic (exact) mass is 297 g/mol. The minimum absolute atomic E-state index is 0.524. The maximum Gasteiger partial charge on any atom is 0.195 e. The van der Waals surface area contributed by atoms with Gasteiger partial charge in [0, 0.05) is 24.2 Å². The maximum atomic E-state index is 6.17. The lowest BCUT2D eigenvalue weighted by Gasteiger charge is -2.34. The fraction of sp³-hybridized carbons (Fsp3) is 0.643. The van der Waals surface area contributed by atoms with Crippen LogP contribution in [0, 0.1) is 0 Å². The number of halogens is 1. The van der Waals surface area contributed by atoms with Gasteiger partial charge in [-0.05, 0) is 19.8 Å². The van der Waals surface area contributed by atoms with Crippen LogP contribution in [0.5, 0.6) is 0 Å². The molecule has 0 aliphatic heterocycles. The minimum Gasteiger partial charge on any atom is -0.352 e. The van der Waals surface area contributed by atoms with Crippen molar-refractivity contribution in [1.29, 1.82) is 0 Å². The largest absolute Gasteiger partial charge is 0.352 e. The summed E-state index contributed by atoms with van der Waals surface area (Å²) in [6.07, 6.45) is 8.73. The lowest BCUT2D eigenvalue weighted by Crippen LogP contribution is -2.37. The van der Waals surface area contributed by atoms with Gasteiger partial charge in [0.1, 0.15) is 0 Å². The van der Waals surface area contributed by atoms with Gasteiger partial charge in [0.25, 0.3) is 0 Å². The zero-order valence-electron chi connectivity index (χ0n) is 11.3. The summed E-state index contributed by atoms with van der Waals surface area (Å²) < 4.78 is 2.14. The van der Waals surface area contributed by atoms with Crippen molar-refractivity contribution in [3.05, 3.63) is 17.3 Å². The average Bonchev–Trinajstić information content (AvgIpc) is 3.01. The van der Waals surface area contributed by atoms with Crippen LogP contribution in [-0.4, -0.2) is 22.0 Å². The lowest BCUT2D eigenvalue weighted by molar-refractivity contribution is 0.416. The molecule has 0 spiro atoms. The van der Waals surface area contributed by atoms with Gasteiger partial charge in [-0.15, -0.1) is 22.9 Å². The fourth-order valence-corrected chi connectivity index (χ4v) is 4.13. The van der Waals surface area contributed by atoms with Gasteiger partial charge in [-0.25, -0.2) is 4.98 Å². The average molecular weight is 298 g/mol. The summed E-state index contributed by atoms with van der Waals surface area (Å²) in [4.78, 5) is 8.34. The first-order valence-electron chi connectivity index (χ1n) is 7.12. The molecule has 2 heterocycles. The van der Waals surface area contributed by atoms with E-state index in [1.54, 1.807) is 11.3 Å². The van der Waals surface area contributed by atoms with E-state index in [-0.39, 0.29) is 0 Å². The van der Waals surface area contributed by atoms with E-state index in [1.165, 1.54) is 32.1 Å². The van der Waals surface area contributed by atoms with Gasteiger partial charge in [-0.1, -0.05) is 19.3 Å². The van der Waals surface area contributed by atoms with Crippen LogP contribution in [0.1, 0.15) is 44.7 Å². The quantitative estimate of drug-likeness (QED) is 0.785. The van der Waals surface area contributed by atoms with Gasteiger partial charge >= 0.3 is 0 Å². The predicted octanol–water partition coefficient (Wildman–Crippen LogP) is 4.29. The van der Waals surface area contributed by atoms with Crippen molar-refractivity contribution in [2.24, 2.45) is 0 Å². The predicted molar refractivity (Wildman–Crippen MR) is 82.5 cm³/mol. The Kier molecular flexibility index (Phi) is 3.99. The van der Waals surface area contributed by atoms with Crippen molar-refractivity contribution >= 4 is 33.7 Å². The Balaban J connectivity index is 1.97. The van der Waals surface area contributed by atoms with Gasteiger partial charge in [0.05, 0.1) is 11.6 Å². The summed E-state index contributed by atoms with van der Waals surface area (Å²) in [7, 11) is 0. The molecule has 1 aliphatic carbocycles. The summed E-state index contributed by atoms with van der Waals surface area (Å²) in [6.45, 7) is 3.24. The number of hydrogen-bond acceptors (Lipinski definition) is 3. The topological polar surface area (TPSA) is 20.5 Å². The van der Waals surface area contributed by atoms with E-state index in [0.29, 0.717) is 11.9 Å². The Morgan fingerprint density at radius 3 is 2.89 bits per heavy atom. The molecule has 1 aliphatic rings. The van der Waals surface area contributed by atoms with Crippen LogP contribution < -0.4 is 4.90 Å². The summed E-state index contributed by atoms with van der Waals surface area (Å²) in [5.74, 6) is 1.63. The molecule has 0 bridgehead atoms. The number of rotatable bonds is 4. The second-order valence-electron chi connectivity index (χ2n) is 5.15. The third kappa shape index (κ3) is 2.36. The molecular weight excluding hydrogens is 278 g/mol. The molecule has 0 aromatic carbocycles. The van der Waals surface area contributed by atoms with Gasteiger partial charge in [0.15, 0.2) is 10.8 Å². The Bertz CT molecular complexity index is 542. The lowest BCUT2D eigenvalue weighted by atomic mass is 9.94. The molecule has 0 atom stereocenters. The highest BCUT2D eigenvalue weighted by molar-refractivity contribution is 7.15. The molecule has 2 aromatic rings. The van der Waals surface area contributed by atoms with Crippen molar-refractivity contribution < 1.29 is 0 Å². The van der Waals surface area contributed by atoms with E-state index in [9.17, 15) is 0 Å². The van der Waals surface area contributed by atoms with Crippen LogP contribution >= 0.6 is 22.9 Å². The van der Waals surface area contributed by atoms with Crippen LogP contribution in [0.3, 0.4) is 0 Å². The van der Waals surface area contributed by atoms with Gasteiger partial charge < -0.3 is 4.90 Å². The fourth-order valence-electron chi connectivity index (χ4n) is 3.15.